The molecule has 1 aromatic heterocycles. The van der Waals surface area contributed by atoms with Crippen molar-refractivity contribution < 1.29 is 9.72 Å². The number of aromatic nitrogens is 2. The maximum atomic E-state index is 11.3. The molecule has 0 aliphatic heterocycles. The van der Waals surface area contributed by atoms with Crippen molar-refractivity contribution in [2.75, 3.05) is 22.5 Å². The Hall–Kier alpha value is -3.27. The van der Waals surface area contributed by atoms with E-state index in [1.54, 1.807) is 6.07 Å². The second-order valence-electron chi connectivity index (χ2n) is 7.58. The van der Waals surface area contributed by atoms with E-state index in [1.807, 2.05) is 18.2 Å². The second-order valence-corrected chi connectivity index (χ2v) is 7.58. The van der Waals surface area contributed by atoms with E-state index in [9.17, 15) is 14.9 Å². The largest absolute Gasteiger partial charge is 0.364 e. The molecular weight excluding hydrogens is 386 g/mol. The van der Waals surface area contributed by atoms with Crippen molar-refractivity contribution >= 4 is 29.0 Å². The number of nitrogens with one attached hydrogen (secondary N) is 3. The number of hydrogen-bond acceptors (Lipinski definition) is 8. The van der Waals surface area contributed by atoms with E-state index >= 15 is 0 Å². The van der Waals surface area contributed by atoms with E-state index in [-0.39, 0.29) is 23.5 Å². The van der Waals surface area contributed by atoms with E-state index in [2.05, 4.69) is 25.9 Å². The van der Waals surface area contributed by atoms with Gasteiger partial charge in [-0.15, -0.1) is 0 Å². The van der Waals surface area contributed by atoms with Crippen molar-refractivity contribution in [2.24, 2.45) is 11.7 Å². The van der Waals surface area contributed by atoms with Crippen LogP contribution in [0.3, 0.4) is 0 Å². The number of amides is 1. The first-order chi connectivity index (χ1) is 14.4. The number of nitrogens with zero attached hydrogens (tertiary/aromatic N) is 3. The van der Waals surface area contributed by atoms with Gasteiger partial charge in [0.15, 0.2) is 0 Å². The predicted octanol–water partition coefficient (Wildman–Crippen LogP) is 2.88. The third-order valence-electron chi connectivity index (χ3n) is 5.11. The van der Waals surface area contributed by atoms with Crippen LogP contribution < -0.4 is 21.7 Å². The van der Waals surface area contributed by atoms with Crippen LogP contribution in [0.5, 0.6) is 0 Å². The number of benzene rings is 1. The van der Waals surface area contributed by atoms with Crippen molar-refractivity contribution in [3.8, 4) is 0 Å². The van der Waals surface area contributed by atoms with Gasteiger partial charge in [-0.05, 0) is 49.3 Å². The lowest BCUT2D eigenvalue weighted by Gasteiger charge is -2.26. The fourth-order valence-electron chi connectivity index (χ4n) is 3.50. The number of carbonyl (C=O) groups is 1. The van der Waals surface area contributed by atoms with Gasteiger partial charge >= 0.3 is 5.69 Å². The van der Waals surface area contributed by atoms with Gasteiger partial charge in [0.2, 0.25) is 17.7 Å². The highest BCUT2D eigenvalue weighted by atomic mass is 16.6. The zero-order chi connectivity index (χ0) is 21.5. The van der Waals surface area contributed by atoms with Crippen LogP contribution in [0, 0.1) is 16.0 Å². The van der Waals surface area contributed by atoms with Crippen LogP contribution >= 0.6 is 0 Å². The minimum atomic E-state index is -0.486. The molecule has 10 nitrogen and oxygen atoms in total. The van der Waals surface area contributed by atoms with E-state index in [4.69, 9.17) is 5.73 Å². The number of carbonyl (C=O) groups excluding carboxylic acids is 1. The maximum Gasteiger partial charge on any atom is 0.329 e. The Labute approximate surface area is 174 Å². The van der Waals surface area contributed by atoms with E-state index in [0.29, 0.717) is 30.6 Å². The normalized spacial score (nSPS) is 18.5. The Morgan fingerprint density at radius 2 is 2.03 bits per heavy atom. The number of anilines is 3. The van der Waals surface area contributed by atoms with Gasteiger partial charge in [-0.25, -0.2) is 4.98 Å². The van der Waals surface area contributed by atoms with Crippen molar-refractivity contribution in [1.29, 1.82) is 0 Å². The number of nitro groups is 1. The molecule has 0 bridgehead atoms. The van der Waals surface area contributed by atoms with Crippen LogP contribution in [0.15, 0.2) is 30.5 Å². The van der Waals surface area contributed by atoms with Gasteiger partial charge in [0, 0.05) is 31.7 Å². The molecule has 160 valence electrons. The molecule has 0 saturated heterocycles. The van der Waals surface area contributed by atoms with Gasteiger partial charge in [-0.2, -0.15) is 4.98 Å². The highest BCUT2D eigenvalue weighted by Gasteiger charge is 2.21. The Kier molecular flexibility index (Phi) is 7.12. The van der Waals surface area contributed by atoms with Crippen LogP contribution in [-0.4, -0.2) is 33.4 Å². The summed E-state index contributed by atoms with van der Waals surface area (Å²) in [6.45, 7) is 2.47. The predicted molar refractivity (Wildman–Crippen MR) is 115 cm³/mol. The molecule has 0 spiro atoms. The van der Waals surface area contributed by atoms with Crippen molar-refractivity contribution in [1.82, 2.24) is 9.97 Å². The summed E-state index contributed by atoms with van der Waals surface area (Å²) >= 11 is 0. The second kappa shape index (κ2) is 9.97. The molecule has 1 heterocycles. The molecule has 3 rings (SSSR count). The van der Waals surface area contributed by atoms with Crippen LogP contribution in [0.25, 0.3) is 0 Å². The molecule has 1 amide bonds. The number of hydrogen-bond donors (Lipinski definition) is 4. The highest BCUT2D eigenvalue weighted by Crippen LogP contribution is 2.26. The quantitative estimate of drug-likeness (QED) is 0.381. The zero-order valence-corrected chi connectivity index (χ0v) is 16.9. The van der Waals surface area contributed by atoms with Crippen LogP contribution in [-0.2, 0) is 11.3 Å². The average molecular weight is 413 g/mol. The van der Waals surface area contributed by atoms with Gasteiger partial charge in [-0.3, -0.25) is 14.9 Å². The van der Waals surface area contributed by atoms with E-state index < -0.39 is 4.92 Å². The van der Waals surface area contributed by atoms with Gasteiger partial charge in [0.1, 0.15) is 6.20 Å². The lowest BCUT2D eigenvalue weighted by molar-refractivity contribution is -0.384. The Balaban J connectivity index is 1.65. The SMILES string of the molecule is CC(=O)Nc1cccc(CNc2ncc([N+](=O)[O-])c(NCC3CCC(N)CC3)n2)c1. The van der Waals surface area contributed by atoms with Crippen LogP contribution in [0.2, 0.25) is 0 Å². The van der Waals surface area contributed by atoms with Gasteiger partial charge in [-0.1, -0.05) is 12.1 Å². The fourth-order valence-corrected chi connectivity index (χ4v) is 3.50. The van der Waals surface area contributed by atoms with Crippen molar-refractivity contribution in [3.63, 3.8) is 0 Å². The number of rotatable bonds is 8. The Morgan fingerprint density at radius 3 is 2.73 bits per heavy atom. The van der Waals surface area contributed by atoms with Gasteiger partial charge in [0.25, 0.3) is 0 Å². The summed E-state index contributed by atoms with van der Waals surface area (Å²) in [5.74, 6) is 0.778. The minimum Gasteiger partial charge on any atom is -0.364 e. The molecule has 1 saturated carbocycles. The van der Waals surface area contributed by atoms with Crippen LogP contribution in [0.4, 0.5) is 23.1 Å². The molecule has 1 fully saturated rings. The third-order valence-corrected chi connectivity index (χ3v) is 5.11. The van der Waals surface area contributed by atoms with Crippen molar-refractivity contribution in [2.45, 2.75) is 45.2 Å². The fraction of sp³-hybridized carbons (Fsp3) is 0.450. The standard InChI is InChI=1S/C20H27N7O3/c1-13(28)25-17-4-2-3-15(9-17)11-23-20-24-12-18(27(29)30)19(26-20)22-10-14-5-7-16(21)8-6-14/h2-4,9,12,14,16H,5-8,10-11,21H2,1H3,(H,25,28)(H2,22,23,24,26). The molecule has 1 aliphatic rings. The first kappa shape index (κ1) is 21.4. The molecule has 1 aromatic carbocycles. The lowest BCUT2D eigenvalue weighted by Crippen LogP contribution is -2.29. The summed E-state index contributed by atoms with van der Waals surface area (Å²) in [7, 11) is 0. The summed E-state index contributed by atoms with van der Waals surface area (Å²) in [5, 5.41) is 20.3. The first-order valence-electron chi connectivity index (χ1n) is 10.0. The van der Waals surface area contributed by atoms with Crippen LogP contribution in [0.1, 0.15) is 38.2 Å². The molecule has 5 N–H and O–H groups in total. The van der Waals surface area contributed by atoms with Gasteiger partial charge in [0.05, 0.1) is 4.92 Å². The van der Waals surface area contributed by atoms with Crippen molar-refractivity contribution in [3.05, 3.63) is 46.1 Å². The molecule has 0 radical (unpaired) electrons. The molecule has 1 aliphatic carbocycles. The molecule has 0 atom stereocenters. The minimum absolute atomic E-state index is 0.144. The average Bonchev–Trinajstić information content (AvgIpc) is 2.71. The molecule has 30 heavy (non-hydrogen) atoms. The maximum absolute atomic E-state index is 11.3. The number of nitrogens with two attached hydrogens (primary N) is 1. The molecule has 0 unspecified atom stereocenters. The lowest BCUT2D eigenvalue weighted by atomic mass is 9.86. The van der Waals surface area contributed by atoms with Gasteiger partial charge < -0.3 is 21.7 Å². The summed E-state index contributed by atoms with van der Waals surface area (Å²) in [4.78, 5) is 30.4. The summed E-state index contributed by atoms with van der Waals surface area (Å²) in [5.41, 5.74) is 7.40. The van der Waals surface area contributed by atoms with E-state index in [0.717, 1.165) is 31.2 Å². The first-order valence-corrected chi connectivity index (χ1v) is 10.0. The Morgan fingerprint density at radius 1 is 1.27 bits per heavy atom. The molecule has 2 aromatic rings. The highest BCUT2D eigenvalue weighted by molar-refractivity contribution is 5.88. The summed E-state index contributed by atoms with van der Waals surface area (Å²) < 4.78 is 0. The molecular formula is C20H27N7O3. The monoisotopic (exact) mass is 413 g/mol. The summed E-state index contributed by atoms with van der Waals surface area (Å²) in [6.07, 6.45) is 5.17. The topological polar surface area (TPSA) is 148 Å². The zero-order valence-electron chi connectivity index (χ0n) is 16.9. The van der Waals surface area contributed by atoms with E-state index in [1.165, 1.54) is 13.1 Å². The third kappa shape index (κ3) is 6.11. The molecule has 10 heteroatoms. The summed E-state index contributed by atoms with van der Waals surface area (Å²) in [6, 6.07) is 7.63. The Bertz CT molecular complexity index is 898. The smallest absolute Gasteiger partial charge is 0.329 e.